The molecule has 1 aromatic heterocycles. The number of thiophene rings is 1. The highest BCUT2D eigenvalue weighted by molar-refractivity contribution is 7.17. The van der Waals surface area contributed by atoms with E-state index in [1.165, 1.54) is 17.8 Å². The van der Waals surface area contributed by atoms with Crippen LogP contribution in [0.15, 0.2) is 24.3 Å². The summed E-state index contributed by atoms with van der Waals surface area (Å²) in [7, 11) is 4.77. The van der Waals surface area contributed by atoms with E-state index in [0.29, 0.717) is 28.0 Å². The van der Waals surface area contributed by atoms with Gasteiger partial charge in [-0.15, -0.1) is 11.3 Å². The van der Waals surface area contributed by atoms with Crippen molar-refractivity contribution in [3.05, 3.63) is 29.1 Å². The van der Waals surface area contributed by atoms with Crippen LogP contribution in [0.3, 0.4) is 0 Å². The van der Waals surface area contributed by atoms with Gasteiger partial charge in [-0.2, -0.15) is 0 Å². The highest BCUT2D eigenvalue weighted by atomic mass is 32.1. The zero-order valence-corrected chi connectivity index (χ0v) is 18.4. The second-order valence-corrected chi connectivity index (χ2v) is 8.33. The third kappa shape index (κ3) is 5.41. The van der Waals surface area contributed by atoms with Crippen molar-refractivity contribution >= 4 is 17.2 Å². The summed E-state index contributed by atoms with van der Waals surface area (Å²) in [5, 5.41) is 3.10. The maximum atomic E-state index is 12.6. The lowest BCUT2D eigenvalue weighted by molar-refractivity contribution is 0.0942. The molecule has 154 valence electrons. The quantitative estimate of drug-likeness (QED) is 0.576. The first kappa shape index (κ1) is 22.1. The van der Waals surface area contributed by atoms with E-state index in [-0.39, 0.29) is 11.9 Å². The topological polar surface area (TPSA) is 56.8 Å². The summed E-state index contributed by atoms with van der Waals surface area (Å²) < 4.78 is 16.4. The molecule has 0 spiro atoms. The molecule has 1 N–H and O–H groups in total. The molecule has 0 aliphatic heterocycles. The van der Waals surface area contributed by atoms with Crippen molar-refractivity contribution in [3.63, 3.8) is 0 Å². The Morgan fingerprint density at radius 1 is 0.964 bits per heavy atom. The molecule has 0 aliphatic carbocycles. The number of carbonyl (C=O) groups excluding carboxylic acids is 1. The first-order chi connectivity index (χ1) is 13.4. The van der Waals surface area contributed by atoms with Crippen molar-refractivity contribution in [3.8, 4) is 27.7 Å². The Kier molecular flexibility index (Phi) is 8.18. The average Bonchev–Trinajstić information content (AvgIpc) is 3.16. The van der Waals surface area contributed by atoms with Crippen LogP contribution in [0.4, 0.5) is 0 Å². The molecule has 5 nitrogen and oxygen atoms in total. The van der Waals surface area contributed by atoms with Gasteiger partial charge in [-0.25, -0.2) is 0 Å². The van der Waals surface area contributed by atoms with Crippen LogP contribution in [0.1, 0.15) is 49.7 Å². The Morgan fingerprint density at radius 2 is 1.68 bits per heavy atom. The molecule has 28 heavy (non-hydrogen) atoms. The zero-order chi connectivity index (χ0) is 20.7. The van der Waals surface area contributed by atoms with Gasteiger partial charge in [-0.1, -0.05) is 26.7 Å². The number of benzene rings is 1. The van der Waals surface area contributed by atoms with Crippen molar-refractivity contribution < 1.29 is 19.0 Å². The van der Waals surface area contributed by atoms with E-state index >= 15 is 0 Å². The molecule has 1 aromatic carbocycles. The number of rotatable bonds is 10. The standard InChI is InChI=1S/C22H31NO4S/c1-14(2)8-7-9-15(3)23-22(24)19-13-12-18(28-19)16-10-11-17(25-4)21(27-6)20(16)26-5/h10-15H,7-9H2,1-6H3,(H,23,24)/t15-/m0/s1. The van der Waals surface area contributed by atoms with Crippen LogP contribution < -0.4 is 19.5 Å². The van der Waals surface area contributed by atoms with E-state index in [2.05, 4.69) is 26.1 Å². The summed E-state index contributed by atoms with van der Waals surface area (Å²) in [6.07, 6.45) is 3.30. The smallest absolute Gasteiger partial charge is 0.261 e. The largest absolute Gasteiger partial charge is 0.493 e. The van der Waals surface area contributed by atoms with Crippen molar-refractivity contribution in [2.75, 3.05) is 21.3 Å². The zero-order valence-electron chi connectivity index (χ0n) is 17.6. The van der Waals surface area contributed by atoms with Crippen molar-refractivity contribution in [2.45, 2.75) is 46.1 Å². The second-order valence-electron chi connectivity index (χ2n) is 7.25. The molecule has 6 heteroatoms. The molecule has 0 saturated carbocycles. The van der Waals surface area contributed by atoms with Gasteiger partial charge in [0.2, 0.25) is 5.75 Å². The Labute approximate surface area is 172 Å². The highest BCUT2D eigenvalue weighted by Gasteiger charge is 2.20. The molecule has 0 radical (unpaired) electrons. The number of amides is 1. The molecule has 1 amide bonds. The van der Waals surface area contributed by atoms with E-state index in [9.17, 15) is 4.79 Å². The molecule has 2 rings (SSSR count). The Balaban J connectivity index is 2.14. The van der Waals surface area contributed by atoms with Gasteiger partial charge in [0.05, 0.1) is 26.2 Å². The first-order valence-electron chi connectivity index (χ1n) is 9.61. The minimum atomic E-state index is -0.0345. The third-order valence-corrected chi connectivity index (χ3v) is 5.71. The summed E-state index contributed by atoms with van der Waals surface area (Å²) >= 11 is 1.44. The van der Waals surface area contributed by atoms with E-state index in [1.807, 2.05) is 24.3 Å². The lowest BCUT2D eigenvalue weighted by atomic mass is 10.0. The second kappa shape index (κ2) is 10.4. The number of ether oxygens (including phenoxy) is 3. The summed E-state index contributed by atoms with van der Waals surface area (Å²) in [5.74, 6) is 2.40. The van der Waals surface area contributed by atoms with Gasteiger partial charge in [-0.05, 0) is 43.5 Å². The molecule has 0 saturated heterocycles. The monoisotopic (exact) mass is 405 g/mol. The normalized spacial score (nSPS) is 12.0. The van der Waals surface area contributed by atoms with Crippen molar-refractivity contribution in [1.29, 1.82) is 0 Å². The fourth-order valence-electron chi connectivity index (χ4n) is 3.10. The van der Waals surface area contributed by atoms with Crippen LogP contribution >= 0.6 is 11.3 Å². The lowest BCUT2D eigenvalue weighted by Crippen LogP contribution is -2.31. The van der Waals surface area contributed by atoms with Gasteiger partial charge >= 0.3 is 0 Å². The summed E-state index contributed by atoms with van der Waals surface area (Å²) in [6, 6.07) is 7.71. The maximum Gasteiger partial charge on any atom is 0.261 e. The number of nitrogens with one attached hydrogen (secondary N) is 1. The summed E-state index contributed by atoms with van der Waals surface area (Å²) in [6.45, 7) is 6.50. The van der Waals surface area contributed by atoms with Gasteiger partial charge < -0.3 is 19.5 Å². The fourth-order valence-corrected chi connectivity index (χ4v) is 4.03. The third-order valence-electron chi connectivity index (χ3n) is 4.60. The van der Waals surface area contributed by atoms with Gasteiger partial charge in [0, 0.05) is 16.5 Å². The molecule has 1 atom stereocenters. The number of hydrogen-bond acceptors (Lipinski definition) is 5. The van der Waals surface area contributed by atoms with E-state index < -0.39 is 0 Å². The average molecular weight is 406 g/mol. The van der Waals surface area contributed by atoms with Crippen molar-refractivity contribution in [1.82, 2.24) is 5.32 Å². The Morgan fingerprint density at radius 3 is 2.29 bits per heavy atom. The maximum absolute atomic E-state index is 12.6. The highest BCUT2D eigenvalue weighted by Crippen LogP contribution is 2.45. The van der Waals surface area contributed by atoms with Crippen LogP contribution in [-0.2, 0) is 0 Å². The molecule has 0 fully saturated rings. The van der Waals surface area contributed by atoms with E-state index in [1.54, 1.807) is 21.3 Å². The Hall–Kier alpha value is -2.21. The molecule has 0 unspecified atom stereocenters. The van der Waals surface area contributed by atoms with Crippen LogP contribution in [0.2, 0.25) is 0 Å². The predicted octanol–water partition coefficient (Wildman–Crippen LogP) is 5.39. The number of methoxy groups -OCH3 is 3. The molecular formula is C22H31NO4S. The SMILES string of the molecule is COc1ccc(-c2ccc(C(=O)N[C@@H](C)CCCC(C)C)s2)c(OC)c1OC. The van der Waals surface area contributed by atoms with Crippen LogP contribution in [-0.4, -0.2) is 33.3 Å². The minimum Gasteiger partial charge on any atom is -0.493 e. The van der Waals surface area contributed by atoms with Crippen LogP contribution in [0.5, 0.6) is 17.2 Å². The van der Waals surface area contributed by atoms with E-state index in [0.717, 1.165) is 23.3 Å². The van der Waals surface area contributed by atoms with Crippen LogP contribution in [0, 0.1) is 5.92 Å². The fraction of sp³-hybridized carbons (Fsp3) is 0.500. The van der Waals surface area contributed by atoms with Gasteiger partial charge in [-0.3, -0.25) is 4.79 Å². The molecular weight excluding hydrogens is 374 g/mol. The molecule has 2 aromatic rings. The summed E-state index contributed by atoms with van der Waals surface area (Å²) in [4.78, 5) is 14.2. The van der Waals surface area contributed by atoms with Gasteiger partial charge in [0.1, 0.15) is 0 Å². The minimum absolute atomic E-state index is 0.0345. The van der Waals surface area contributed by atoms with Crippen molar-refractivity contribution in [2.24, 2.45) is 5.92 Å². The number of carbonyl (C=O) groups is 1. The van der Waals surface area contributed by atoms with Gasteiger partial charge in [0.15, 0.2) is 11.5 Å². The molecule has 0 aliphatic rings. The number of hydrogen-bond donors (Lipinski definition) is 1. The Bertz CT molecular complexity index is 785. The summed E-state index contributed by atoms with van der Waals surface area (Å²) in [5.41, 5.74) is 0.870. The van der Waals surface area contributed by atoms with E-state index in [4.69, 9.17) is 14.2 Å². The predicted molar refractivity (Wildman–Crippen MR) is 115 cm³/mol. The first-order valence-corrected chi connectivity index (χ1v) is 10.4. The van der Waals surface area contributed by atoms with Gasteiger partial charge in [0.25, 0.3) is 5.91 Å². The molecule has 0 bridgehead atoms. The van der Waals surface area contributed by atoms with Crippen LogP contribution in [0.25, 0.3) is 10.4 Å². The lowest BCUT2D eigenvalue weighted by Gasteiger charge is -2.15. The molecule has 1 heterocycles.